The normalized spacial score (nSPS) is 12.8. The summed E-state index contributed by atoms with van der Waals surface area (Å²) in [6.45, 7) is 7.69. The Hall–Kier alpha value is -1.84. The molecule has 4 nitrogen and oxygen atoms in total. The molecule has 0 fully saturated rings. The number of carboxylic acids is 1. The Balaban J connectivity index is 2.81. The van der Waals surface area contributed by atoms with Crippen LogP contribution >= 0.6 is 0 Å². The average molecular weight is 263 g/mol. The van der Waals surface area contributed by atoms with Gasteiger partial charge in [-0.25, -0.2) is 4.79 Å². The number of aliphatic carboxylic acids is 1. The van der Waals surface area contributed by atoms with Crippen molar-refractivity contribution in [1.29, 1.82) is 0 Å². The van der Waals surface area contributed by atoms with Gasteiger partial charge in [-0.15, -0.1) is 0 Å². The van der Waals surface area contributed by atoms with E-state index < -0.39 is 12.0 Å². The maximum absolute atomic E-state index is 11.1. The van der Waals surface area contributed by atoms with Crippen molar-refractivity contribution in [3.8, 4) is 0 Å². The third kappa shape index (κ3) is 4.73. The summed E-state index contributed by atoms with van der Waals surface area (Å²) >= 11 is 0. The second-order valence-electron chi connectivity index (χ2n) is 5.74. The Kier molecular flexibility index (Phi) is 4.70. The second-order valence-corrected chi connectivity index (χ2v) is 5.74. The van der Waals surface area contributed by atoms with Gasteiger partial charge in [0.25, 0.3) is 0 Å². The van der Waals surface area contributed by atoms with E-state index >= 15 is 0 Å². The van der Waals surface area contributed by atoms with Crippen molar-refractivity contribution in [2.75, 3.05) is 0 Å². The zero-order valence-electron chi connectivity index (χ0n) is 11.9. The molecule has 0 saturated heterocycles. The molecule has 0 unspecified atom stereocenters. The first kappa shape index (κ1) is 15.2. The molecule has 0 aliphatic heterocycles. The van der Waals surface area contributed by atoms with Gasteiger partial charge in [0.2, 0.25) is 5.91 Å². The van der Waals surface area contributed by atoms with Gasteiger partial charge < -0.3 is 10.4 Å². The van der Waals surface area contributed by atoms with Crippen LogP contribution in [0.15, 0.2) is 24.3 Å². The topological polar surface area (TPSA) is 66.4 Å². The van der Waals surface area contributed by atoms with Crippen LogP contribution in [0.25, 0.3) is 0 Å². The number of carboxylic acid groups (broad SMARTS) is 1. The average Bonchev–Trinajstić information content (AvgIpc) is 2.27. The highest BCUT2D eigenvalue weighted by molar-refractivity contribution is 5.82. The number of rotatable bonds is 4. The number of benzene rings is 1. The van der Waals surface area contributed by atoms with Crippen LogP contribution < -0.4 is 5.32 Å². The van der Waals surface area contributed by atoms with Crippen molar-refractivity contribution in [2.45, 2.75) is 45.6 Å². The summed E-state index contributed by atoms with van der Waals surface area (Å²) in [6.07, 6.45) is 0.291. The van der Waals surface area contributed by atoms with Crippen molar-refractivity contribution in [2.24, 2.45) is 0 Å². The number of hydrogen-bond acceptors (Lipinski definition) is 2. The minimum atomic E-state index is -1.02. The van der Waals surface area contributed by atoms with Gasteiger partial charge in [-0.3, -0.25) is 4.79 Å². The third-order valence-corrected chi connectivity index (χ3v) is 2.94. The zero-order valence-corrected chi connectivity index (χ0v) is 11.9. The molecule has 1 atom stereocenters. The van der Waals surface area contributed by atoms with E-state index in [-0.39, 0.29) is 11.3 Å². The quantitative estimate of drug-likeness (QED) is 0.874. The molecule has 0 aromatic heterocycles. The largest absolute Gasteiger partial charge is 0.480 e. The molecule has 0 bridgehead atoms. The molecule has 0 aliphatic rings. The SMILES string of the molecule is CC(=O)N[C@@H](Cc1ccc(C(C)(C)C)cc1)C(=O)O. The Labute approximate surface area is 113 Å². The highest BCUT2D eigenvalue weighted by Gasteiger charge is 2.19. The lowest BCUT2D eigenvalue weighted by Gasteiger charge is -2.19. The lowest BCUT2D eigenvalue weighted by atomic mass is 9.86. The summed E-state index contributed by atoms with van der Waals surface area (Å²) in [4.78, 5) is 22.0. The molecule has 1 aromatic carbocycles. The molecular weight excluding hydrogens is 242 g/mol. The standard InChI is InChI=1S/C15H21NO3/c1-10(17)16-13(14(18)19)9-11-5-7-12(8-6-11)15(2,3)4/h5-8,13H,9H2,1-4H3,(H,16,17)(H,18,19)/t13-/m0/s1. The van der Waals surface area contributed by atoms with E-state index in [2.05, 4.69) is 26.1 Å². The van der Waals surface area contributed by atoms with E-state index in [9.17, 15) is 9.59 Å². The Morgan fingerprint density at radius 1 is 1.21 bits per heavy atom. The lowest BCUT2D eigenvalue weighted by Crippen LogP contribution is -2.41. The van der Waals surface area contributed by atoms with Crippen LogP contribution in [0.1, 0.15) is 38.8 Å². The number of carbonyl (C=O) groups excluding carboxylic acids is 1. The molecular formula is C15H21NO3. The van der Waals surface area contributed by atoms with Gasteiger partial charge in [0.1, 0.15) is 6.04 Å². The lowest BCUT2D eigenvalue weighted by molar-refractivity contribution is -0.141. The van der Waals surface area contributed by atoms with Crippen LogP contribution in [0.4, 0.5) is 0 Å². The third-order valence-electron chi connectivity index (χ3n) is 2.94. The molecule has 2 N–H and O–H groups in total. The molecule has 0 radical (unpaired) electrons. The summed E-state index contributed by atoms with van der Waals surface area (Å²) in [5.41, 5.74) is 2.17. The fourth-order valence-electron chi connectivity index (χ4n) is 1.82. The van der Waals surface area contributed by atoms with E-state index in [1.807, 2.05) is 24.3 Å². The molecule has 0 saturated carbocycles. The first-order valence-corrected chi connectivity index (χ1v) is 6.29. The fourth-order valence-corrected chi connectivity index (χ4v) is 1.82. The van der Waals surface area contributed by atoms with E-state index in [0.29, 0.717) is 6.42 Å². The van der Waals surface area contributed by atoms with Crippen molar-refractivity contribution >= 4 is 11.9 Å². The fraction of sp³-hybridized carbons (Fsp3) is 0.467. The van der Waals surface area contributed by atoms with Gasteiger partial charge in [0.05, 0.1) is 0 Å². The monoisotopic (exact) mass is 263 g/mol. The van der Waals surface area contributed by atoms with E-state index in [4.69, 9.17) is 5.11 Å². The molecule has 104 valence electrons. The second kappa shape index (κ2) is 5.87. The van der Waals surface area contributed by atoms with Crippen molar-refractivity contribution in [3.05, 3.63) is 35.4 Å². The molecule has 0 spiro atoms. The number of nitrogens with one attached hydrogen (secondary N) is 1. The van der Waals surface area contributed by atoms with Gasteiger partial charge in [-0.1, -0.05) is 45.0 Å². The summed E-state index contributed by atoms with van der Waals surface area (Å²) in [5.74, 6) is -1.35. The van der Waals surface area contributed by atoms with Crippen LogP contribution in [0.3, 0.4) is 0 Å². The number of carbonyl (C=O) groups is 2. The highest BCUT2D eigenvalue weighted by atomic mass is 16.4. The molecule has 0 heterocycles. The Morgan fingerprint density at radius 2 is 1.74 bits per heavy atom. The minimum absolute atomic E-state index is 0.0718. The summed E-state index contributed by atoms with van der Waals surface area (Å²) < 4.78 is 0. The molecule has 1 aromatic rings. The first-order chi connectivity index (χ1) is 8.70. The predicted molar refractivity (Wildman–Crippen MR) is 74.1 cm³/mol. The zero-order chi connectivity index (χ0) is 14.6. The predicted octanol–water partition coefficient (Wildman–Crippen LogP) is 2.12. The molecule has 1 rings (SSSR count). The molecule has 4 heteroatoms. The minimum Gasteiger partial charge on any atom is -0.480 e. The van der Waals surface area contributed by atoms with Crippen molar-refractivity contribution in [3.63, 3.8) is 0 Å². The van der Waals surface area contributed by atoms with Gasteiger partial charge in [-0.05, 0) is 16.5 Å². The summed E-state index contributed by atoms with van der Waals surface area (Å²) in [7, 11) is 0. The van der Waals surface area contributed by atoms with Crippen LogP contribution in [-0.4, -0.2) is 23.0 Å². The molecule has 1 amide bonds. The van der Waals surface area contributed by atoms with E-state index in [0.717, 1.165) is 5.56 Å². The molecule has 0 aliphatic carbocycles. The molecule has 19 heavy (non-hydrogen) atoms. The maximum atomic E-state index is 11.1. The van der Waals surface area contributed by atoms with Crippen LogP contribution in [0.5, 0.6) is 0 Å². The van der Waals surface area contributed by atoms with Gasteiger partial charge >= 0.3 is 5.97 Å². The van der Waals surface area contributed by atoms with Crippen molar-refractivity contribution < 1.29 is 14.7 Å². The van der Waals surface area contributed by atoms with Crippen molar-refractivity contribution in [1.82, 2.24) is 5.32 Å². The first-order valence-electron chi connectivity index (χ1n) is 6.29. The number of amides is 1. The Bertz CT molecular complexity index is 457. The number of hydrogen-bond donors (Lipinski definition) is 2. The highest BCUT2D eigenvalue weighted by Crippen LogP contribution is 2.22. The Morgan fingerprint density at radius 3 is 2.11 bits per heavy atom. The summed E-state index contributed by atoms with van der Waals surface area (Å²) in [5, 5.41) is 11.5. The maximum Gasteiger partial charge on any atom is 0.326 e. The van der Waals surface area contributed by atoms with Gasteiger partial charge in [0.15, 0.2) is 0 Å². The summed E-state index contributed by atoms with van der Waals surface area (Å²) in [6, 6.07) is 6.96. The van der Waals surface area contributed by atoms with Crippen LogP contribution in [0.2, 0.25) is 0 Å². The van der Waals surface area contributed by atoms with Crippen LogP contribution in [0, 0.1) is 0 Å². The van der Waals surface area contributed by atoms with Gasteiger partial charge in [0, 0.05) is 13.3 Å². The smallest absolute Gasteiger partial charge is 0.326 e. The van der Waals surface area contributed by atoms with E-state index in [1.54, 1.807) is 0 Å². The van der Waals surface area contributed by atoms with Crippen LogP contribution in [-0.2, 0) is 21.4 Å². The van der Waals surface area contributed by atoms with Gasteiger partial charge in [-0.2, -0.15) is 0 Å². The van der Waals surface area contributed by atoms with E-state index in [1.165, 1.54) is 12.5 Å².